The molecule has 15 heavy (non-hydrogen) atoms. The third-order valence-electron chi connectivity index (χ3n) is 1.98. The number of rotatable bonds is 3. The van der Waals surface area contributed by atoms with Crippen LogP contribution in [0.3, 0.4) is 0 Å². The molecule has 2 nitrogen and oxygen atoms in total. The van der Waals surface area contributed by atoms with E-state index in [2.05, 4.69) is 27.4 Å². The van der Waals surface area contributed by atoms with Crippen LogP contribution in [0, 0.1) is 0 Å². The minimum Gasteiger partial charge on any atom is -0.271 e. The van der Waals surface area contributed by atoms with Crippen molar-refractivity contribution in [2.75, 3.05) is 0 Å². The summed E-state index contributed by atoms with van der Waals surface area (Å²) in [7, 11) is 0. The van der Waals surface area contributed by atoms with Crippen molar-refractivity contribution in [3.05, 3.63) is 44.9 Å². The van der Waals surface area contributed by atoms with Gasteiger partial charge < -0.3 is 0 Å². The topological polar surface area (TPSA) is 38.0 Å². The lowest BCUT2D eigenvalue weighted by molar-refractivity contribution is 0.652. The number of benzene rings is 1. The standard InChI is InChI=1S/C11H14BrClN2/c1-7(2)5-11(15-14)8-3-4-9(12)10(13)6-8/h3-6,11,15H,14H2,1-2H3. The second-order valence-corrected chi connectivity index (χ2v) is 4.82. The summed E-state index contributed by atoms with van der Waals surface area (Å²) in [6.07, 6.45) is 2.06. The fourth-order valence-electron chi connectivity index (χ4n) is 1.28. The van der Waals surface area contributed by atoms with Crippen LogP contribution in [0.2, 0.25) is 5.02 Å². The predicted molar refractivity (Wildman–Crippen MR) is 68.6 cm³/mol. The molecule has 0 aliphatic carbocycles. The third-order valence-corrected chi connectivity index (χ3v) is 3.21. The van der Waals surface area contributed by atoms with Crippen molar-refractivity contribution in [2.45, 2.75) is 19.9 Å². The largest absolute Gasteiger partial charge is 0.271 e. The van der Waals surface area contributed by atoms with Gasteiger partial charge in [0.1, 0.15) is 0 Å². The van der Waals surface area contributed by atoms with Crippen molar-refractivity contribution in [1.29, 1.82) is 0 Å². The van der Waals surface area contributed by atoms with Gasteiger partial charge in [0.05, 0.1) is 11.1 Å². The lowest BCUT2D eigenvalue weighted by Gasteiger charge is -2.13. The van der Waals surface area contributed by atoms with Gasteiger partial charge in [-0.15, -0.1) is 0 Å². The van der Waals surface area contributed by atoms with Crippen molar-refractivity contribution >= 4 is 27.5 Å². The highest BCUT2D eigenvalue weighted by atomic mass is 79.9. The predicted octanol–water partition coefficient (Wildman–Crippen LogP) is 3.57. The molecular weight excluding hydrogens is 275 g/mol. The molecule has 0 heterocycles. The van der Waals surface area contributed by atoms with Gasteiger partial charge in [-0.05, 0) is 47.5 Å². The van der Waals surface area contributed by atoms with Crippen molar-refractivity contribution in [3.63, 3.8) is 0 Å². The highest BCUT2D eigenvalue weighted by Gasteiger charge is 2.07. The highest BCUT2D eigenvalue weighted by Crippen LogP contribution is 2.26. The Morgan fingerprint density at radius 2 is 2.20 bits per heavy atom. The summed E-state index contributed by atoms with van der Waals surface area (Å²) in [6, 6.07) is 5.80. The van der Waals surface area contributed by atoms with Crippen molar-refractivity contribution in [3.8, 4) is 0 Å². The van der Waals surface area contributed by atoms with E-state index in [-0.39, 0.29) is 6.04 Å². The van der Waals surface area contributed by atoms with Crippen LogP contribution >= 0.6 is 27.5 Å². The van der Waals surface area contributed by atoms with Crippen LogP contribution in [0.5, 0.6) is 0 Å². The number of nitrogens with two attached hydrogens (primary N) is 1. The molecule has 1 atom stereocenters. The molecule has 1 rings (SSSR count). The fraction of sp³-hybridized carbons (Fsp3) is 0.273. The molecule has 0 aliphatic heterocycles. The Bertz CT molecular complexity index is 373. The number of halogens is 2. The zero-order valence-electron chi connectivity index (χ0n) is 8.72. The quantitative estimate of drug-likeness (QED) is 0.507. The molecule has 1 aromatic rings. The lowest BCUT2D eigenvalue weighted by atomic mass is 10.1. The summed E-state index contributed by atoms with van der Waals surface area (Å²) in [5.74, 6) is 5.49. The summed E-state index contributed by atoms with van der Waals surface area (Å²) in [6.45, 7) is 4.07. The van der Waals surface area contributed by atoms with E-state index in [4.69, 9.17) is 17.4 Å². The molecule has 0 fully saturated rings. The molecule has 1 unspecified atom stereocenters. The van der Waals surface area contributed by atoms with E-state index in [1.165, 1.54) is 5.57 Å². The van der Waals surface area contributed by atoms with Crippen LogP contribution in [0.4, 0.5) is 0 Å². The van der Waals surface area contributed by atoms with Gasteiger partial charge in [-0.1, -0.05) is 29.3 Å². The smallest absolute Gasteiger partial charge is 0.0643 e. The number of hydrogen-bond donors (Lipinski definition) is 2. The van der Waals surface area contributed by atoms with Gasteiger partial charge in [0.2, 0.25) is 0 Å². The molecule has 3 N–H and O–H groups in total. The normalized spacial score (nSPS) is 12.3. The third kappa shape index (κ3) is 3.61. The van der Waals surface area contributed by atoms with Gasteiger partial charge >= 0.3 is 0 Å². The lowest BCUT2D eigenvalue weighted by Crippen LogP contribution is -2.26. The van der Waals surface area contributed by atoms with Crippen LogP contribution in [0.25, 0.3) is 0 Å². The van der Waals surface area contributed by atoms with E-state index in [1.807, 2.05) is 32.0 Å². The van der Waals surface area contributed by atoms with Crippen LogP contribution in [-0.4, -0.2) is 0 Å². The maximum absolute atomic E-state index is 6.02. The zero-order chi connectivity index (χ0) is 11.4. The van der Waals surface area contributed by atoms with Gasteiger partial charge in [-0.2, -0.15) is 0 Å². The number of allylic oxidation sites excluding steroid dienone is 1. The summed E-state index contributed by atoms with van der Waals surface area (Å²) in [5.41, 5.74) is 5.00. The monoisotopic (exact) mass is 288 g/mol. The molecular formula is C11H14BrClN2. The van der Waals surface area contributed by atoms with Crippen LogP contribution in [0.1, 0.15) is 25.5 Å². The summed E-state index contributed by atoms with van der Waals surface area (Å²) in [5, 5.41) is 0.690. The molecule has 0 aliphatic rings. The molecule has 0 saturated heterocycles. The van der Waals surface area contributed by atoms with E-state index in [0.717, 1.165) is 10.0 Å². The first-order valence-corrected chi connectivity index (χ1v) is 5.77. The van der Waals surface area contributed by atoms with Gasteiger partial charge in [0, 0.05) is 4.47 Å². The molecule has 0 amide bonds. The van der Waals surface area contributed by atoms with E-state index >= 15 is 0 Å². The highest BCUT2D eigenvalue weighted by molar-refractivity contribution is 9.10. The summed E-state index contributed by atoms with van der Waals surface area (Å²) >= 11 is 9.37. The fourth-order valence-corrected chi connectivity index (χ4v) is 1.72. The van der Waals surface area contributed by atoms with Gasteiger partial charge in [-0.25, -0.2) is 5.43 Å². The average Bonchev–Trinajstić information content (AvgIpc) is 2.18. The Balaban J connectivity index is 3.03. The SMILES string of the molecule is CC(C)=CC(NN)c1ccc(Br)c(Cl)c1. The second kappa shape index (κ2) is 5.66. The zero-order valence-corrected chi connectivity index (χ0v) is 11.1. The van der Waals surface area contributed by atoms with Gasteiger partial charge in [0.25, 0.3) is 0 Å². The first-order chi connectivity index (χ1) is 7.04. The minimum absolute atomic E-state index is 0.000556. The second-order valence-electron chi connectivity index (χ2n) is 3.56. The summed E-state index contributed by atoms with van der Waals surface area (Å²) in [4.78, 5) is 0. The molecule has 0 bridgehead atoms. The van der Waals surface area contributed by atoms with E-state index in [1.54, 1.807) is 0 Å². The number of hydrazine groups is 1. The minimum atomic E-state index is 0.000556. The molecule has 4 heteroatoms. The Labute approximate surface area is 104 Å². The van der Waals surface area contributed by atoms with Crippen LogP contribution < -0.4 is 11.3 Å². The van der Waals surface area contributed by atoms with Crippen molar-refractivity contribution in [1.82, 2.24) is 5.43 Å². The Hall–Kier alpha value is -0.350. The molecule has 0 saturated carbocycles. The Morgan fingerprint density at radius 3 is 2.67 bits per heavy atom. The average molecular weight is 290 g/mol. The van der Waals surface area contributed by atoms with E-state index < -0.39 is 0 Å². The van der Waals surface area contributed by atoms with E-state index in [9.17, 15) is 0 Å². The first kappa shape index (κ1) is 12.7. The van der Waals surface area contributed by atoms with Gasteiger partial charge in [-0.3, -0.25) is 5.84 Å². The number of nitrogens with one attached hydrogen (secondary N) is 1. The maximum atomic E-state index is 6.02. The van der Waals surface area contributed by atoms with Crippen LogP contribution in [0.15, 0.2) is 34.3 Å². The Kier molecular flexibility index (Phi) is 4.80. The maximum Gasteiger partial charge on any atom is 0.0643 e. The van der Waals surface area contributed by atoms with Crippen molar-refractivity contribution in [2.24, 2.45) is 5.84 Å². The van der Waals surface area contributed by atoms with Crippen LogP contribution in [-0.2, 0) is 0 Å². The molecule has 1 aromatic carbocycles. The molecule has 82 valence electrons. The van der Waals surface area contributed by atoms with E-state index in [0.29, 0.717) is 5.02 Å². The number of hydrogen-bond acceptors (Lipinski definition) is 2. The van der Waals surface area contributed by atoms with Crippen molar-refractivity contribution < 1.29 is 0 Å². The molecule has 0 radical (unpaired) electrons. The summed E-state index contributed by atoms with van der Waals surface area (Å²) < 4.78 is 0.890. The molecule has 0 spiro atoms. The first-order valence-electron chi connectivity index (χ1n) is 4.60. The molecule has 0 aromatic heterocycles. The Morgan fingerprint density at radius 1 is 1.53 bits per heavy atom. The van der Waals surface area contributed by atoms with Gasteiger partial charge in [0.15, 0.2) is 0 Å².